The summed E-state index contributed by atoms with van der Waals surface area (Å²) in [6, 6.07) is 6.81. The molecule has 0 spiro atoms. The second kappa shape index (κ2) is 7.68. The van der Waals surface area contributed by atoms with Gasteiger partial charge in [0.15, 0.2) is 0 Å². The first-order chi connectivity index (χ1) is 12.7. The van der Waals surface area contributed by atoms with Gasteiger partial charge in [-0.3, -0.25) is 9.59 Å². The standard InChI is InChI=1S/C21H28N2O3/c24-20-12-7-15-14-18(10-11-19(15)22-20)26-13-3-6-21(25)23(17-8-9-17)16-4-1-2-5-16/h10-11,14,16-17H,1-9,12-13H2,(H,22,24). The van der Waals surface area contributed by atoms with Crippen molar-refractivity contribution in [2.24, 2.45) is 0 Å². The first kappa shape index (κ1) is 17.4. The van der Waals surface area contributed by atoms with Crippen molar-refractivity contribution in [1.29, 1.82) is 0 Å². The molecular weight excluding hydrogens is 328 g/mol. The zero-order chi connectivity index (χ0) is 17.9. The number of carbonyl (C=O) groups is 2. The van der Waals surface area contributed by atoms with Crippen molar-refractivity contribution in [1.82, 2.24) is 4.90 Å². The number of ether oxygens (including phenoxy) is 1. The van der Waals surface area contributed by atoms with E-state index in [-0.39, 0.29) is 5.91 Å². The molecule has 1 aromatic rings. The highest BCUT2D eigenvalue weighted by atomic mass is 16.5. The number of nitrogens with zero attached hydrogens (tertiary/aromatic N) is 1. The maximum absolute atomic E-state index is 12.7. The van der Waals surface area contributed by atoms with Gasteiger partial charge < -0.3 is 15.0 Å². The van der Waals surface area contributed by atoms with Gasteiger partial charge in [-0.05, 0) is 62.3 Å². The number of fused-ring (bicyclic) bond motifs is 1. The fraction of sp³-hybridized carbons (Fsp3) is 0.619. The third-order valence-electron chi connectivity index (χ3n) is 5.72. The molecule has 1 heterocycles. The molecule has 3 aliphatic rings. The zero-order valence-electron chi connectivity index (χ0n) is 15.3. The van der Waals surface area contributed by atoms with Crippen molar-refractivity contribution in [3.63, 3.8) is 0 Å². The SMILES string of the molecule is O=C1CCc2cc(OCCCC(=O)N(C3CCCC3)C3CC3)ccc2N1. The van der Waals surface area contributed by atoms with Crippen LogP contribution in [-0.2, 0) is 16.0 Å². The molecular formula is C21H28N2O3. The number of benzene rings is 1. The summed E-state index contributed by atoms with van der Waals surface area (Å²) in [5.41, 5.74) is 2.01. The molecule has 1 aromatic carbocycles. The average Bonchev–Trinajstić information content (AvgIpc) is 3.32. The van der Waals surface area contributed by atoms with Crippen LogP contribution in [0.1, 0.15) is 63.4 Å². The summed E-state index contributed by atoms with van der Waals surface area (Å²) in [5, 5.41) is 2.88. The van der Waals surface area contributed by atoms with Crippen LogP contribution < -0.4 is 10.1 Å². The van der Waals surface area contributed by atoms with Gasteiger partial charge in [0.1, 0.15) is 5.75 Å². The van der Waals surface area contributed by atoms with Crippen LogP contribution in [0.25, 0.3) is 0 Å². The van der Waals surface area contributed by atoms with Gasteiger partial charge in [-0.15, -0.1) is 0 Å². The van der Waals surface area contributed by atoms with Crippen molar-refractivity contribution in [2.45, 2.75) is 76.3 Å². The topological polar surface area (TPSA) is 58.6 Å². The second-order valence-corrected chi connectivity index (χ2v) is 7.79. The monoisotopic (exact) mass is 356 g/mol. The number of hydrogen-bond acceptors (Lipinski definition) is 3. The summed E-state index contributed by atoms with van der Waals surface area (Å²) in [6.07, 6.45) is 9.89. The van der Waals surface area contributed by atoms with Crippen molar-refractivity contribution in [2.75, 3.05) is 11.9 Å². The minimum absolute atomic E-state index is 0.0761. The highest BCUT2D eigenvalue weighted by Crippen LogP contribution is 2.35. The lowest BCUT2D eigenvalue weighted by Crippen LogP contribution is -2.40. The average molecular weight is 356 g/mol. The molecule has 26 heavy (non-hydrogen) atoms. The van der Waals surface area contributed by atoms with E-state index in [0.29, 0.717) is 37.4 Å². The van der Waals surface area contributed by atoms with Crippen molar-refractivity contribution in [3.8, 4) is 5.75 Å². The van der Waals surface area contributed by atoms with Gasteiger partial charge in [-0.25, -0.2) is 0 Å². The van der Waals surface area contributed by atoms with E-state index < -0.39 is 0 Å². The molecule has 5 nitrogen and oxygen atoms in total. The highest BCUT2D eigenvalue weighted by Gasteiger charge is 2.37. The molecule has 0 bridgehead atoms. The van der Waals surface area contributed by atoms with E-state index in [0.717, 1.165) is 29.8 Å². The molecule has 140 valence electrons. The third kappa shape index (κ3) is 4.02. The molecule has 1 aliphatic heterocycles. The van der Waals surface area contributed by atoms with Gasteiger partial charge in [-0.2, -0.15) is 0 Å². The molecule has 5 heteroatoms. The fourth-order valence-electron chi connectivity index (χ4n) is 4.23. The number of aryl methyl sites for hydroxylation is 1. The first-order valence-corrected chi connectivity index (χ1v) is 10.1. The summed E-state index contributed by atoms with van der Waals surface area (Å²) >= 11 is 0. The van der Waals surface area contributed by atoms with Gasteiger partial charge in [-0.1, -0.05) is 12.8 Å². The molecule has 0 aromatic heterocycles. The Morgan fingerprint density at radius 1 is 1.12 bits per heavy atom. The molecule has 0 saturated heterocycles. The smallest absolute Gasteiger partial charge is 0.224 e. The van der Waals surface area contributed by atoms with E-state index >= 15 is 0 Å². The number of hydrogen-bond donors (Lipinski definition) is 1. The summed E-state index contributed by atoms with van der Waals surface area (Å²) < 4.78 is 5.85. The fourth-order valence-corrected chi connectivity index (χ4v) is 4.23. The highest BCUT2D eigenvalue weighted by molar-refractivity contribution is 5.94. The normalized spacial score (nSPS) is 19.8. The van der Waals surface area contributed by atoms with Crippen LogP contribution in [0.4, 0.5) is 5.69 Å². The van der Waals surface area contributed by atoms with Gasteiger partial charge in [0, 0.05) is 30.6 Å². The Hall–Kier alpha value is -2.04. The number of nitrogens with one attached hydrogen (secondary N) is 1. The Kier molecular flexibility index (Phi) is 5.14. The molecule has 2 fully saturated rings. The molecule has 2 aliphatic carbocycles. The Morgan fingerprint density at radius 3 is 2.65 bits per heavy atom. The van der Waals surface area contributed by atoms with Crippen LogP contribution in [-0.4, -0.2) is 35.4 Å². The molecule has 0 radical (unpaired) electrons. The minimum atomic E-state index is 0.0761. The van der Waals surface area contributed by atoms with Crippen LogP contribution >= 0.6 is 0 Å². The lowest BCUT2D eigenvalue weighted by atomic mass is 10.0. The molecule has 4 rings (SSSR count). The Bertz CT molecular complexity index is 678. The predicted octanol–water partition coefficient (Wildman–Crippen LogP) is 3.66. The van der Waals surface area contributed by atoms with E-state index in [1.54, 1.807) is 0 Å². The number of carbonyl (C=O) groups excluding carboxylic acids is 2. The Labute approximate surface area is 155 Å². The molecule has 1 N–H and O–H groups in total. The van der Waals surface area contributed by atoms with Crippen molar-refractivity contribution < 1.29 is 14.3 Å². The first-order valence-electron chi connectivity index (χ1n) is 10.1. The van der Waals surface area contributed by atoms with Crippen LogP contribution in [0.2, 0.25) is 0 Å². The summed E-state index contributed by atoms with van der Waals surface area (Å²) in [7, 11) is 0. The van der Waals surface area contributed by atoms with E-state index in [2.05, 4.69) is 10.2 Å². The van der Waals surface area contributed by atoms with Crippen molar-refractivity contribution >= 4 is 17.5 Å². The predicted molar refractivity (Wildman–Crippen MR) is 100 cm³/mol. The van der Waals surface area contributed by atoms with Crippen molar-refractivity contribution in [3.05, 3.63) is 23.8 Å². The van der Waals surface area contributed by atoms with E-state index in [4.69, 9.17) is 4.74 Å². The molecule has 0 atom stereocenters. The second-order valence-electron chi connectivity index (χ2n) is 7.79. The lowest BCUT2D eigenvalue weighted by molar-refractivity contribution is -0.134. The third-order valence-corrected chi connectivity index (χ3v) is 5.72. The maximum Gasteiger partial charge on any atom is 0.224 e. The van der Waals surface area contributed by atoms with Crippen LogP contribution in [0, 0.1) is 0 Å². The Balaban J connectivity index is 1.24. The number of amides is 2. The van der Waals surface area contributed by atoms with Gasteiger partial charge >= 0.3 is 0 Å². The Morgan fingerprint density at radius 2 is 1.88 bits per heavy atom. The van der Waals surface area contributed by atoms with Crippen LogP contribution in [0.15, 0.2) is 18.2 Å². The summed E-state index contributed by atoms with van der Waals surface area (Å²) in [4.78, 5) is 26.3. The van der Waals surface area contributed by atoms with Gasteiger partial charge in [0.2, 0.25) is 11.8 Å². The van der Waals surface area contributed by atoms with Crippen LogP contribution in [0.5, 0.6) is 5.75 Å². The number of anilines is 1. The maximum atomic E-state index is 12.7. The molecule has 2 saturated carbocycles. The van der Waals surface area contributed by atoms with Crippen LogP contribution in [0.3, 0.4) is 0 Å². The zero-order valence-corrected chi connectivity index (χ0v) is 15.3. The van der Waals surface area contributed by atoms with Gasteiger partial charge in [0.25, 0.3) is 0 Å². The summed E-state index contributed by atoms with van der Waals surface area (Å²) in [6.45, 7) is 0.556. The molecule has 2 amide bonds. The van der Waals surface area contributed by atoms with E-state index in [9.17, 15) is 9.59 Å². The summed E-state index contributed by atoms with van der Waals surface area (Å²) in [5.74, 6) is 1.21. The van der Waals surface area contributed by atoms with E-state index in [1.807, 2.05) is 18.2 Å². The van der Waals surface area contributed by atoms with Gasteiger partial charge in [0.05, 0.1) is 6.61 Å². The lowest BCUT2D eigenvalue weighted by Gasteiger charge is -2.29. The quantitative estimate of drug-likeness (QED) is 0.759. The largest absolute Gasteiger partial charge is 0.494 e. The molecule has 0 unspecified atom stereocenters. The minimum Gasteiger partial charge on any atom is -0.494 e. The van der Waals surface area contributed by atoms with E-state index in [1.165, 1.54) is 38.5 Å². The number of rotatable bonds is 7.